The Bertz CT molecular complexity index is 540. The monoisotopic (exact) mass is 244 g/mol. The molecule has 5 heteroatoms. The van der Waals surface area contributed by atoms with Gasteiger partial charge in [-0.25, -0.2) is 0 Å². The van der Waals surface area contributed by atoms with E-state index >= 15 is 0 Å². The summed E-state index contributed by atoms with van der Waals surface area (Å²) in [5.74, 6) is -0.263. The summed E-state index contributed by atoms with van der Waals surface area (Å²) in [5.41, 5.74) is 2.13. The maximum absolute atomic E-state index is 11.9. The van der Waals surface area contributed by atoms with Crippen LogP contribution < -0.4 is 5.32 Å². The molecule has 18 heavy (non-hydrogen) atoms. The van der Waals surface area contributed by atoms with E-state index in [1.54, 1.807) is 0 Å². The van der Waals surface area contributed by atoms with Crippen LogP contribution >= 0.6 is 0 Å². The third-order valence-corrected chi connectivity index (χ3v) is 2.63. The van der Waals surface area contributed by atoms with Crippen LogP contribution in [0.15, 0.2) is 30.5 Å². The van der Waals surface area contributed by atoms with Gasteiger partial charge >= 0.3 is 0 Å². The van der Waals surface area contributed by atoms with E-state index in [0.717, 1.165) is 11.3 Å². The van der Waals surface area contributed by atoms with Gasteiger partial charge in [-0.15, -0.1) is 0 Å². The third kappa shape index (κ3) is 2.56. The van der Waals surface area contributed by atoms with Gasteiger partial charge in [0.05, 0.1) is 6.20 Å². The summed E-state index contributed by atoms with van der Waals surface area (Å²) in [5, 5.41) is 12.7. The van der Waals surface area contributed by atoms with Gasteiger partial charge in [-0.3, -0.25) is 4.79 Å². The quantitative estimate of drug-likeness (QED) is 0.851. The molecular formula is C13H16N4O. The second kappa shape index (κ2) is 4.60. The van der Waals surface area contributed by atoms with Crippen LogP contribution in [0.1, 0.15) is 36.8 Å². The van der Waals surface area contributed by atoms with Gasteiger partial charge in [0, 0.05) is 5.69 Å². The lowest BCUT2D eigenvalue weighted by Gasteiger charge is -2.22. The molecule has 5 nitrogen and oxygen atoms in total. The van der Waals surface area contributed by atoms with Gasteiger partial charge in [0.2, 0.25) is 0 Å². The minimum absolute atomic E-state index is 0.0340. The summed E-state index contributed by atoms with van der Waals surface area (Å²) in [7, 11) is 0. The molecule has 0 saturated heterocycles. The van der Waals surface area contributed by atoms with Crippen LogP contribution in [0.3, 0.4) is 0 Å². The first-order chi connectivity index (χ1) is 8.48. The molecule has 2 aromatic rings. The summed E-state index contributed by atoms with van der Waals surface area (Å²) < 4.78 is 0. The smallest absolute Gasteiger partial charge is 0.277 e. The van der Waals surface area contributed by atoms with Gasteiger partial charge in [0.1, 0.15) is 0 Å². The molecule has 0 unspecified atom stereocenters. The molecule has 94 valence electrons. The van der Waals surface area contributed by atoms with E-state index in [1.165, 1.54) is 6.20 Å². The minimum atomic E-state index is -0.263. The van der Waals surface area contributed by atoms with E-state index in [0.29, 0.717) is 0 Å². The van der Waals surface area contributed by atoms with Gasteiger partial charge in [-0.05, 0) is 17.0 Å². The molecule has 2 rings (SSSR count). The highest BCUT2D eigenvalue weighted by Crippen LogP contribution is 2.29. The van der Waals surface area contributed by atoms with Crippen LogP contribution in [-0.4, -0.2) is 21.3 Å². The van der Waals surface area contributed by atoms with Crippen molar-refractivity contribution in [3.63, 3.8) is 0 Å². The average molecular weight is 244 g/mol. The maximum atomic E-state index is 11.9. The molecule has 0 aliphatic carbocycles. The summed E-state index contributed by atoms with van der Waals surface area (Å²) in [6, 6.07) is 7.76. The zero-order valence-corrected chi connectivity index (χ0v) is 10.7. The molecule has 0 atom stereocenters. The van der Waals surface area contributed by atoms with Crippen LogP contribution in [0.25, 0.3) is 0 Å². The number of nitrogens with one attached hydrogen (secondary N) is 2. The number of anilines is 1. The van der Waals surface area contributed by atoms with Crippen LogP contribution in [0, 0.1) is 0 Å². The van der Waals surface area contributed by atoms with Crippen molar-refractivity contribution in [3.8, 4) is 0 Å². The lowest BCUT2D eigenvalue weighted by Crippen LogP contribution is -2.18. The molecule has 0 saturated carbocycles. The van der Waals surface area contributed by atoms with Crippen LogP contribution in [0.4, 0.5) is 5.69 Å². The van der Waals surface area contributed by atoms with E-state index in [9.17, 15) is 4.79 Å². The largest absolute Gasteiger partial charge is 0.320 e. The van der Waals surface area contributed by atoms with Crippen molar-refractivity contribution < 1.29 is 4.79 Å². The zero-order chi connectivity index (χ0) is 13.2. The molecule has 1 heterocycles. The van der Waals surface area contributed by atoms with Gasteiger partial charge in [0.15, 0.2) is 5.69 Å². The minimum Gasteiger partial charge on any atom is -0.320 e. The predicted molar refractivity (Wildman–Crippen MR) is 69.5 cm³/mol. The van der Waals surface area contributed by atoms with Crippen LogP contribution in [0.2, 0.25) is 0 Å². The lowest BCUT2D eigenvalue weighted by molar-refractivity contribution is 0.102. The Balaban J connectivity index is 2.27. The Kier molecular flexibility index (Phi) is 3.14. The fourth-order valence-electron chi connectivity index (χ4n) is 1.74. The summed E-state index contributed by atoms with van der Waals surface area (Å²) in [6.45, 7) is 6.32. The second-order valence-corrected chi connectivity index (χ2v) is 5.10. The Hall–Kier alpha value is -2.17. The number of hydrogen-bond donors (Lipinski definition) is 2. The van der Waals surface area contributed by atoms with E-state index in [2.05, 4.69) is 41.5 Å². The number of aromatic nitrogens is 3. The fourth-order valence-corrected chi connectivity index (χ4v) is 1.74. The molecule has 1 amide bonds. The van der Waals surface area contributed by atoms with Crippen molar-refractivity contribution in [2.45, 2.75) is 26.2 Å². The Labute approximate surface area is 106 Å². The van der Waals surface area contributed by atoms with Crippen LogP contribution in [0.5, 0.6) is 0 Å². The first-order valence-electron chi connectivity index (χ1n) is 5.75. The molecule has 0 spiro atoms. The summed E-state index contributed by atoms with van der Waals surface area (Å²) in [6.07, 6.45) is 1.40. The second-order valence-electron chi connectivity index (χ2n) is 5.10. The van der Waals surface area contributed by atoms with Gasteiger partial charge in [-0.2, -0.15) is 15.4 Å². The molecule has 1 aromatic heterocycles. The molecule has 0 fully saturated rings. The number of rotatable bonds is 2. The molecular weight excluding hydrogens is 228 g/mol. The number of carbonyl (C=O) groups excluding carboxylic acids is 1. The summed E-state index contributed by atoms with van der Waals surface area (Å²) >= 11 is 0. The average Bonchev–Trinajstić information content (AvgIpc) is 2.81. The topological polar surface area (TPSA) is 70.7 Å². The van der Waals surface area contributed by atoms with Crippen LogP contribution in [-0.2, 0) is 5.41 Å². The number of nitrogens with zero attached hydrogens (tertiary/aromatic N) is 2. The van der Waals surface area contributed by atoms with Crippen molar-refractivity contribution in [2.24, 2.45) is 0 Å². The van der Waals surface area contributed by atoms with E-state index in [-0.39, 0.29) is 17.0 Å². The number of H-pyrrole nitrogens is 1. The number of carbonyl (C=O) groups is 1. The number of benzene rings is 1. The SMILES string of the molecule is CC(C)(C)c1ccccc1NC(=O)c1cn[nH]n1. The molecule has 0 bridgehead atoms. The molecule has 1 aromatic carbocycles. The van der Waals surface area contributed by atoms with Crippen molar-refractivity contribution >= 4 is 11.6 Å². The maximum Gasteiger partial charge on any atom is 0.277 e. The zero-order valence-electron chi connectivity index (χ0n) is 10.7. The molecule has 0 aliphatic heterocycles. The van der Waals surface area contributed by atoms with Crippen molar-refractivity contribution in [1.82, 2.24) is 15.4 Å². The normalized spacial score (nSPS) is 11.3. The van der Waals surface area contributed by atoms with Gasteiger partial charge < -0.3 is 5.32 Å². The standard InChI is InChI=1S/C13H16N4O/c1-13(2,3)9-6-4-5-7-10(9)15-12(18)11-8-14-17-16-11/h4-8H,1-3H3,(H,15,18)(H,14,16,17). The lowest BCUT2D eigenvalue weighted by atomic mass is 9.86. The van der Waals surface area contributed by atoms with Gasteiger partial charge in [0.25, 0.3) is 5.91 Å². The number of amides is 1. The number of aromatic amines is 1. The highest BCUT2D eigenvalue weighted by Gasteiger charge is 2.19. The van der Waals surface area contributed by atoms with Crippen molar-refractivity contribution in [2.75, 3.05) is 5.32 Å². The Morgan fingerprint density at radius 2 is 2.00 bits per heavy atom. The van der Waals surface area contributed by atoms with E-state index in [4.69, 9.17) is 0 Å². The Morgan fingerprint density at radius 3 is 2.61 bits per heavy atom. The van der Waals surface area contributed by atoms with E-state index in [1.807, 2.05) is 24.3 Å². The summed E-state index contributed by atoms with van der Waals surface area (Å²) in [4.78, 5) is 11.9. The molecule has 0 aliphatic rings. The number of para-hydroxylation sites is 1. The number of hydrogen-bond acceptors (Lipinski definition) is 3. The highest BCUT2D eigenvalue weighted by atomic mass is 16.2. The molecule has 2 N–H and O–H groups in total. The van der Waals surface area contributed by atoms with E-state index < -0.39 is 0 Å². The van der Waals surface area contributed by atoms with Crippen molar-refractivity contribution in [1.29, 1.82) is 0 Å². The molecule has 0 radical (unpaired) electrons. The Morgan fingerprint density at radius 1 is 1.28 bits per heavy atom. The highest BCUT2D eigenvalue weighted by molar-refractivity contribution is 6.03. The van der Waals surface area contributed by atoms with Crippen molar-refractivity contribution in [3.05, 3.63) is 41.7 Å². The predicted octanol–water partition coefficient (Wildman–Crippen LogP) is 2.35. The fraction of sp³-hybridized carbons (Fsp3) is 0.308. The first-order valence-corrected chi connectivity index (χ1v) is 5.75. The first kappa shape index (κ1) is 12.3. The van der Waals surface area contributed by atoms with Gasteiger partial charge in [-0.1, -0.05) is 39.0 Å². The third-order valence-electron chi connectivity index (χ3n) is 2.63.